The van der Waals surface area contributed by atoms with E-state index in [9.17, 15) is 0 Å². The van der Waals surface area contributed by atoms with Crippen LogP contribution in [0.5, 0.6) is 0 Å². The molecule has 1 N–H and O–H groups in total. The Hall–Kier alpha value is -0.200. The van der Waals surface area contributed by atoms with E-state index in [1.807, 2.05) is 0 Å². The topological polar surface area (TPSA) is 42.7 Å². The van der Waals surface area contributed by atoms with Gasteiger partial charge >= 0.3 is 0 Å². The summed E-state index contributed by atoms with van der Waals surface area (Å²) in [7, 11) is 2.07. The first-order chi connectivity index (χ1) is 9.65. The number of aryl methyl sites for hydroxylation is 1. The fourth-order valence-corrected chi connectivity index (χ4v) is 5.65. The van der Waals surface area contributed by atoms with Gasteiger partial charge in [-0.3, -0.25) is 4.68 Å². The first kappa shape index (κ1) is 16.2. The maximum absolute atomic E-state index is 4.45. The zero-order valence-electron chi connectivity index (χ0n) is 12.9. The lowest BCUT2D eigenvalue weighted by Crippen LogP contribution is -2.43. The fourth-order valence-electron chi connectivity index (χ4n) is 2.48. The van der Waals surface area contributed by atoms with Crippen LogP contribution in [0.1, 0.15) is 33.0 Å². The number of nitrogens with zero attached hydrogens (tertiary/aromatic N) is 3. The minimum atomic E-state index is 0.474. The third kappa shape index (κ3) is 3.92. The second kappa shape index (κ2) is 7.71. The van der Waals surface area contributed by atoms with E-state index in [1.54, 1.807) is 6.33 Å². The highest BCUT2D eigenvalue weighted by Gasteiger charge is 2.31. The SMILES string of the molecule is CCCn1ncnc1CC(NC)C1CSC(C)C(C)S1. The number of thioether (sulfide) groups is 2. The van der Waals surface area contributed by atoms with Crippen molar-refractivity contribution in [2.24, 2.45) is 0 Å². The molecule has 4 atom stereocenters. The number of hydrogen-bond donors (Lipinski definition) is 1. The molecule has 1 aliphatic heterocycles. The number of aromatic nitrogens is 3. The summed E-state index contributed by atoms with van der Waals surface area (Å²) in [5.74, 6) is 2.34. The Morgan fingerprint density at radius 3 is 2.90 bits per heavy atom. The highest BCUT2D eigenvalue weighted by molar-refractivity contribution is 8.07. The van der Waals surface area contributed by atoms with E-state index in [0.717, 1.165) is 35.7 Å². The van der Waals surface area contributed by atoms with Crippen LogP contribution >= 0.6 is 23.5 Å². The van der Waals surface area contributed by atoms with Crippen LogP contribution in [-0.4, -0.2) is 49.4 Å². The maximum Gasteiger partial charge on any atom is 0.138 e. The normalized spacial score (nSPS) is 28.5. The van der Waals surface area contributed by atoms with Crippen molar-refractivity contribution in [3.05, 3.63) is 12.2 Å². The van der Waals surface area contributed by atoms with Gasteiger partial charge in [-0.25, -0.2) is 4.98 Å². The van der Waals surface area contributed by atoms with Crippen molar-refractivity contribution in [2.75, 3.05) is 12.8 Å². The van der Waals surface area contributed by atoms with E-state index in [1.165, 1.54) is 5.75 Å². The van der Waals surface area contributed by atoms with Crippen LogP contribution in [0.4, 0.5) is 0 Å². The minimum Gasteiger partial charge on any atom is -0.315 e. The molecular weight excluding hydrogens is 288 g/mol. The van der Waals surface area contributed by atoms with Crippen molar-refractivity contribution >= 4 is 23.5 Å². The van der Waals surface area contributed by atoms with Crippen molar-refractivity contribution < 1.29 is 0 Å². The molecule has 0 radical (unpaired) electrons. The highest BCUT2D eigenvalue weighted by atomic mass is 32.2. The van der Waals surface area contributed by atoms with E-state index in [0.29, 0.717) is 11.3 Å². The van der Waals surface area contributed by atoms with E-state index in [4.69, 9.17) is 0 Å². The van der Waals surface area contributed by atoms with E-state index in [2.05, 4.69) is 71.4 Å². The molecule has 0 aromatic carbocycles. The largest absolute Gasteiger partial charge is 0.315 e. The van der Waals surface area contributed by atoms with Gasteiger partial charge in [0, 0.05) is 40.5 Å². The van der Waals surface area contributed by atoms with Crippen LogP contribution < -0.4 is 5.32 Å². The second-order valence-corrected chi connectivity index (χ2v) is 8.45. The third-order valence-electron chi connectivity index (χ3n) is 3.93. The first-order valence-electron chi connectivity index (χ1n) is 7.46. The van der Waals surface area contributed by atoms with Crippen LogP contribution in [0, 0.1) is 0 Å². The molecule has 4 unspecified atom stereocenters. The van der Waals surface area contributed by atoms with Crippen LogP contribution in [-0.2, 0) is 13.0 Å². The summed E-state index contributed by atoms with van der Waals surface area (Å²) in [6.07, 6.45) is 3.75. The minimum absolute atomic E-state index is 0.474. The molecular formula is C14H26N4S2. The lowest BCUT2D eigenvalue weighted by Gasteiger charge is -2.35. The van der Waals surface area contributed by atoms with E-state index in [-0.39, 0.29) is 0 Å². The molecule has 20 heavy (non-hydrogen) atoms. The van der Waals surface area contributed by atoms with E-state index < -0.39 is 0 Å². The molecule has 1 fully saturated rings. The molecule has 114 valence electrons. The molecule has 0 saturated carbocycles. The van der Waals surface area contributed by atoms with Gasteiger partial charge in [-0.2, -0.15) is 28.6 Å². The van der Waals surface area contributed by atoms with Crippen molar-refractivity contribution in [2.45, 2.75) is 61.9 Å². The van der Waals surface area contributed by atoms with Crippen molar-refractivity contribution in [1.82, 2.24) is 20.1 Å². The van der Waals surface area contributed by atoms with Gasteiger partial charge in [0.15, 0.2) is 0 Å². The summed E-state index contributed by atoms with van der Waals surface area (Å²) in [6, 6.07) is 0.474. The van der Waals surface area contributed by atoms with Crippen LogP contribution in [0.15, 0.2) is 6.33 Å². The molecule has 0 spiro atoms. The maximum atomic E-state index is 4.45. The summed E-state index contributed by atoms with van der Waals surface area (Å²) in [5, 5.41) is 9.97. The first-order valence-corrected chi connectivity index (χ1v) is 9.45. The Bertz CT molecular complexity index is 410. The van der Waals surface area contributed by atoms with Gasteiger partial charge in [-0.15, -0.1) is 0 Å². The molecule has 1 aromatic rings. The van der Waals surface area contributed by atoms with Gasteiger partial charge in [0.1, 0.15) is 12.2 Å². The standard InChI is InChI=1S/C14H26N4S2/c1-5-6-18-14(16-9-17-18)7-12(15-4)13-8-19-10(2)11(3)20-13/h9-13,15H,5-8H2,1-4H3. The molecule has 1 saturated heterocycles. The monoisotopic (exact) mass is 314 g/mol. The highest BCUT2D eigenvalue weighted by Crippen LogP contribution is 2.37. The summed E-state index contributed by atoms with van der Waals surface area (Å²) >= 11 is 4.23. The predicted octanol–water partition coefficient (Wildman–Crippen LogP) is 2.44. The molecule has 2 rings (SSSR count). The van der Waals surface area contributed by atoms with Gasteiger partial charge in [0.25, 0.3) is 0 Å². The Kier molecular flexibility index (Phi) is 6.23. The summed E-state index contributed by atoms with van der Waals surface area (Å²) in [4.78, 5) is 4.45. The van der Waals surface area contributed by atoms with Gasteiger partial charge in [-0.1, -0.05) is 20.8 Å². The van der Waals surface area contributed by atoms with Gasteiger partial charge in [0.05, 0.1) is 0 Å². The molecule has 2 heterocycles. The fraction of sp³-hybridized carbons (Fsp3) is 0.857. The van der Waals surface area contributed by atoms with Crippen LogP contribution in [0.3, 0.4) is 0 Å². The quantitative estimate of drug-likeness (QED) is 0.873. The lowest BCUT2D eigenvalue weighted by atomic mass is 10.1. The van der Waals surface area contributed by atoms with Crippen LogP contribution in [0.25, 0.3) is 0 Å². The summed E-state index contributed by atoms with van der Waals surface area (Å²) in [6.45, 7) is 7.83. The molecule has 0 bridgehead atoms. The smallest absolute Gasteiger partial charge is 0.138 e. The Balaban J connectivity index is 1.99. The van der Waals surface area contributed by atoms with Gasteiger partial charge in [0.2, 0.25) is 0 Å². The number of likely N-dealkylation sites (N-methyl/N-ethyl adjacent to an activating group) is 1. The third-order valence-corrected chi connectivity index (χ3v) is 7.48. The Morgan fingerprint density at radius 1 is 1.45 bits per heavy atom. The molecule has 1 aromatic heterocycles. The Labute approximate surface area is 130 Å². The summed E-state index contributed by atoms with van der Waals surface area (Å²) < 4.78 is 2.05. The average molecular weight is 315 g/mol. The summed E-state index contributed by atoms with van der Waals surface area (Å²) in [5.41, 5.74) is 0. The van der Waals surface area contributed by atoms with Crippen molar-refractivity contribution in [3.63, 3.8) is 0 Å². The average Bonchev–Trinajstić information content (AvgIpc) is 2.87. The van der Waals surface area contributed by atoms with Crippen molar-refractivity contribution in [1.29, 1.82) is 0 Å². The van der Waals surface area contributed by atoms with Gasteiger partial charge < -0.3 is 5.32 Å². The zero-order chi connectivity index (χ0) is 14.5. The lowest BCUT2D eigenvalue weighted by molar-refractivity contribution is 0.501. The van der Waals surface area contributed by atoms with E-state index >= 15 is 0 Å². The predicted molar refractivity (Wildman–Crippen MR) is 89.6 cm³/mol. The molecule has 0 aliphatic carbocycles. The Morgan fingerprint density at radius 2 is 2.25 bits per heavy atom. The molecule has 6 heteroatoms. The van der Waals surface area contributed by atoms with Crippen LogP contribution in [0.2, 0.25) is 0 Å². The molecule has 0 amide bonds. The van der Waals surface area contributed by atoms with Crippen molar-refractivity contribution in [3.8, 4) is 0 Å². The number of hydrogen-bond acceptors (Lipinski definition) is 5. The second-order valence-electron chi connectivity index (χ2n) is 5.42. The zero-order valence-corrected chi connectivity index (χ0v) is 14.5. The molecule has 4 nitrogen and oxygen atoms in total. The van der Waals surface area contributed by atoms with Gasteiger partial charge in [-0.05, 0) is 13.5 Å². The number of nitrogens with one attached hydrogen (secondary N) is 1. The number of rotatable bonds is 6. The molecule has 1 aliphatic rings.